The summed E-state index contributed by atoms with van der Waals surface area (Å²) in [5.74, 6) is -5.58. The standard InChI is InChI=1S/C17H20O7/c1-17(22)8-11(19)13(15(20)23-2)12(14(17)16(21)24-3)9-5-4-6-10(18)7-9/h4-7,12-14,18,22H,8H2,1-3H3/t12-,13+,14-,17-/m0/s1. The zero-order valence-corrected chi connectivity index (χ0v) is 13.7. The minimum absolute atomic E-state index is 0.0857. The number of hydrogen-bond donors (Lipinski definition) is 2. The average molecular weight is 336 g/mol. The molecule has 2 rings (SSSR count). The molecule has 1 fully saturated rings. The monoisotopic (exact) mass is 336 g/mol. The third kappa shape index (κ3) is 3.12. The van der Waals surface area contributed by atoms with E-state index >= 15 is 0 Å². The molecular weight excluding hydrogens is 316 g/mol. The lowest BCUT2D eigenvalue weighted by atomic mass is 9.61. The molecule has 1 aliphatic carbocycles. The quantitative estimate of drug-likeness (QED) is 0.620. The van der Waals surface area contributed by atoms with Gasteiger partial charge in [-0.25, -0.2) is 0 Å². The van der Waals surface area contributed by atoms with E-state index in [1.54, 1.807) is 6.07 Å². The molecule has 0 radical (unpaired) electrons. The molecule has 1 aromatic rings. The number of phenolic OH excluding ortho intramolecular Hbond substituents is 1. The topological polar surface area (TPSA) is 110 Å². The van der Waals surface area contributed by atoms with E-state index in [1.165, 1.54) is 32.2 Å². The molecule has 0 heterocycles. The Morgan fingerprint density at radius 3 is 2.38 bits per heavy atom. The molecule has 130 valence electrons. The summed E-state index contributed by atoms with van der Waals surface area (Å²) in [4.78, 5) is 36.9. The molecule has 0 amide bonds. The van der Waals surface area contributed by atoms with Crippen molar-refractivity contribution in [2.75, 3.05) is 14.2 Å². The van der Waals surface area contributed by atoms with Crippen LogP contribution >= 0.6 is 0 Å². The molecule has 0 saturated heterocycles. The number of benzene rings is 1. The third-order valence-corrected chi connectivity index (χ3v) is 4.43. The van der Waals surface area contributed by atoms with Crippen LogP contribution in [0.2, 0.25) is 0 Å². The second kappa shape index (κ2) is 6.60. The molecule has 4 atom stereocenters. The van der Waals surface area contributed by atoms with Crippen molar-refractivity contribution in [3.05, 3.63) is 29.8 Å². The molecule has 7 heteroatoms. The average Bonchev–Trinajstić information content (AvgIpc) is 2.52. The summed E-state index contributed by atoms with van der Waals surface area (Å²) < 4.78 is 9.50. The summed E-state index contributed by atoms with van der Waals surface area (Å²) in [6.45, 7) is 1.36. The van der Waals surface area contributed by atoms with Gasteiger partial charge in [0.15, 0.2) is 5.78 Å². The summed E-state index contributed by atoms with van der Waals surface area (Å²) in [7, 11) is 2.32. The van der Waals surface area contributed by atoms with Crippen LogP contribution in [0.1, 0.15) is 24.8 Å². The van der Waals surface area contributed by atoms with E-state index in [-0.39, 0.29) is 12.2 Å². The number of methoxy groups -OCH3 is 2. The Kier molecular flexibility index (Phi) is 4.94. The van der Waals surface area contributed by atoms with E-state index in [4.69, 9.17) is 9.47 Å². The minimum Gasteiger partial charge on any atom is -0.508 e. The van der Waals surface area contributed by atoms with Crippen LogP contribution < -0.4 is 0 Å². The van der Waals surface area contributed by atoms with Crippen molar-refractivity contribution in [2.45, 2.75) is 24.9 Å². The number of aromatic hydroxyl groups is 1. The van der Waals surface area contributed by atoms with Crippen molar-refractivity contribution in [3.8, 4) is 5.75 Å². The van der Waals surface area contributed by atoms with Crippen molar-refractivity contribution in [2.24, 2.45) is 11.8 Å². The van der Waals surface area contributed by atoms with Crippen LogP contribution in [0.5, 0.6) is 5.75 Å². The van der Waals surface area contributed by atoms with Gasteiger partial charge >= 0.3 is 11.9 Å². The SMILES string of the molecule is COC(=O)[C@@H]1C(=O)C[C@](C)(O)[C@H](C(=O)OC)[C@H]1c1cccc(O)c1. The molecule has 0 aromatic heterocycles. The third-order valence-electron chi connectivity index (χ3n) is 4.43. The number of Topliss-reactive ketones (excluding diaryl/α,β-unsaturated/α-hetero) is 1. The zero-order chi connectivity index (χ0) is 18.1. The highest BCUT2D eigenvalue weighted by Crippen LogP contribution is 2.47. The lowest BCUT2D eigenvalue weighted by molar-refractivity contribution is -0.170. The van der Waals surface area contributed by atoms with E-state index in [1.807, 2.05) is 0 Å². The maximum absolute atomic E-state index is 12.5. The van der Waals surface area contributed by atoms with E-state index < -0.39 is 41.1 Å². The Balaban J connectivity index is 2.65. The van der Waals surface area contributed by atoms with Crippen LogP contribution in [-0.2, 0) is 23.9 Å². The number of phenols is 1. The lowest BCUT2D eigenvalue weighted by Gasteiger charge is -2.43. The van der Waals surface area contributed by atoms with E-state index in [2.05, 4.69) is 0 Å². The Bertz CT molecular complexity index is 665. The first-order valence-corrected chi connectivity index (χ1v) is 7.42. The number of rotatable bonds is 3. The second-order valence-corrected chi connectivity index (χ2v) is 6.12. The van der Waals surface area contributed by atoms with Gasteiger partial charge in [0, 0.05) is 12.3 Å². The van der Waals surface area contributed by atoms with Gasteiger partial charge in [-0.1, -0.05) is 12.1 Å². The molecular formula is C17H20O7. The molecule has 1 saturated carbocycles. The van der Waals surface area contributed by atoms with Gasteiger partial charge in [-0.2, -0.15) is 0 Å². The number of carbonyl (C=O) groups excluding carboxylic acids is 3. The van der Waals surface area contributed by atoms with Gasteiger partial charge in [-0.05, 0) is 24.6 Å². The van der Waals surface area contributed by atoms with Crippen LogP contribution in [0.15, 0.2) is 24.3 Å². The number of carbonyl (C=O) groups is 3. The smallest absolute Gasteiger partial charge is 0.316 e. The molecule has 2 N–H and O–H groups in total. The number of aliphatic hydroxyl groups is 1. The summed E-state index contributed by atoms with van der Waals surface area (Å²) in [5, 5.41) is 20.4. The molecule has 0 spiro atoms. The van der Waals surface area contributed by atoms with Crippen molar-refractivity contribution in [1.29, 1.82) is 0 Å². The molecule has 0 unspecified atom stereocenters. The van der Waals surface area contributed by atoms with Crippen LogP contribution in [0.4, 0.5) is 0 Å². The number of esters is 2. The summed E-state index contributed by atoms with van der Waals surface area (Å²) in [5.41, 5.74) is -1.32. The highest BCUT2D eigenvalue weighted by atomic mass is 16.5. The van der Waals surface area contributed by atoms with Crippen LogP contribution in [0.3, 0.4) is 0 Å². The van der Waals surface area contributed by atoms with Gasteiger partial charge in [0.2, 0.25) is 0 Å². The first-order chi connectivity index (χ1) is 11.2. The van der Waals surface area contributed by atoms with Gasteiger partial charge in [-0.3, -0.25) is 14.4 Å². The molecule has 1 aliphatic rings. The number of ether oxygens (including phenoxy) is 2. The highest BCUT2D eigenvalue weighted by molar-refractivity contribution is 6.02. The summed E-state index contributed by atoms with van der Waals surface area (Å²) >= 11 is 0. The van der Waals surface area contributed by atoms with Gasteiger partial charge in [0.25, 0.3) is 0 Å². The molecule has 1 aromatic carbocycles. The highest BCUT2D eigenvalue weighted by Gasteiger charge is 2.56. The van der Waals surface area contributed by atoms with E-state index in [0.29, 0.717) is 5.56 Å². The van der Waals surface area contributed by atoms with Gasteiger partial charge < -0.3 is 19.7 Å². The first kappa shape index (κ1) is 17.9. The molecule has 24 heavy (non-hydrogen) atoms. The fourth-order valence-corrected chi connectivity index (χ4v) is 3.40. The van der Waals surface area contributed by atoms with Gasteiger partial charge in [0.05, 0.1) is 25.7 Å². The Labute approximate surface area is 139 Å². The molecule has 0 aliphatic heterocycles. The van der Waals surface area contributed by atoms with Crippen molar-refractivity contribution >= 4 is 17.7 Å². The van der Waals surface area contributed by atoms with E-state index in [0.717, 1.165) is 7.11 Å². The Hall–Kier alpha value is -2.41. The zero-order valence-electron chi connectivity index (χ0n) is 13.7. The van der Waals surface area contributed by atoms with Crippen molar-refractivity contribution in [3.63, 3.8) is 0 Å². The van der Waals surface area contributed by atoms with Gasteiger partial charge in [-0.15, -0.1) is 0 Å². The summed E-state index contributed by atoms with van der Waals surface area (Å²) in [6.07, 6.45) is -0.373. The Morgan fingerprint density at radius 1 is 1.21 bits per heavy atom. The maximum Gasteiger partial charge on any atom is 0.316 e. The summed E-state index contributed by atoms with van der Waals surface area (Å²) in [6, 6.07) is 5.88. The van der Waals surface area contributed by atoms with E-state index in [9.17, 15) is 24.6 Å². The molecule has 0 bridgehead atoms. The largest absolute Gasteiger partial charge is 0.508 e. The van der Waals surface area contributed by atoms with Crippen LogP contribution in [-0.4, -0.2) is 47.8 Å². The lowest BCUT2D eigenvalue weighted by Crippen LogP contribution is -2.55. The Morgan fingerprint density at radius 2 is 1.83 bits per heavy atom. The fraction of sp³-hybridized carbons (Fsp3) is 0.471. The molecule has 7 nitrogen and oxygen atoms in total. The van der Waals surface area contributed by atoms with Crippen LogP contribution in [0, 0.1) is 11.8 Å². The van der Waals surface area contributed by atoms with Gasteiger partial charge in [0.1, 0.15) is 11.7 Å². The first-order valence-electron chi connectivity index (χ1n) is 7.42. The predicted octanol–water partition coefficient (Wildman–Crippen LogP) is 0.778. The number of ketones is 1. The number of hydrogen-bond acceptors (Lipinski definition) is 7. The normalized spacial score (nSPS) is 29.8. The maximum atomic E-state index is 12.5. The van der Waals surface area contributed by atoms with Crippen LogP contribution in [0.25, 0.3) is 0 Å². The van der Waals surface area contributed by atoms with Crippen molar-refractivity contribution < 1.29 is 34.1 Å². The predicted molar refractivity (Wildman–Crippen MR) is 82.1 cm³/mol. The second-order valence-electron chi connectivity index (χ2n) is 6.12. The van der Waals surface area contributed by atoms with Crippen molar-refractivity contribution in [1.82, 2.24) is 0 Å². The fourth-order valence-electron chi connectivity index (χ4n) is 3.40. The minimum atomic E-state index is -1.69.